The lowest BCUT2D eigenvalue weighted by Gasteiger charge is -2.17. The highest BCUT2D eigenvalue weighted by atomic mass is 16.6. The Hall–Kier alpha value is -2.10. The van der Waals surface area contributed by atoms with Crippen molar-refractivity contribution >= 4 is 12.0 Å². The van der Waals surface area contributed by atoms with E-state index in [4.69, 9.17) is 4.74 Å². The van der Waals surface area contributed by atoms with Crippen molar-refractivity contribution in [3.8, 4) is 0 Å². The van der Waals surface area contributed by atoms with Crippen LogP contribution in [-0.4, -0.2) is 29.5 Å². The predicted octanol–water partition coefficient (Wildman–Crippen LogP) is 2.54. The van der Waals surface area contributed by atoms with E-state index in [9.17, 15) is 9.59 Å². The Morgan fingerprint density at radius 2 is 2.16 bits per heavy atom. The number of cyclic esters (lactones) is 1. The van der Waals surface area contributed by atoms with Crippen LogP contribution in [0.1, 0.15) is 18.9 Å². The van der Waals surface area contributed by atoms with Gasteiger partial charge < -0.3 is 4.74 Å². The Balaban J connectivity index is 2.09. The summed E-state index contributed by atoms with van der Waals surface area (Å²) in [6, 6.07) is 9.56. The molecule has 0 aliphatic carbocycles. The van der Waals surface area contributed by atoms with Crippen LogP contribution in [0, 0.1) is 0 Å². The third-order valence-corrected chi connectivity index (χ3v) is 3.01. The molecule has 0 spiro atoms. The molecular formula is C15H17NO3. The number of amides is 2. The molecule has 4 nitrogen and oxygen atoms in total. The standard InChI is InChI=1S/C15H17NO3/c1-2-3-9-14(17)16-13(11-19-15(16)18)10-12-7-5-4-6-8-12/h3-9,13H,2,10-11H2,1H3. The van der Waals surface area contributed by atoms with E-state index in [0.29, 0.717) is 6.42 Å². The van der Waals surface area contributed by atoms with Crippen LogP contribution >= 0.6 is 0 Å². The fourth-order valence-electron chi connectivity index (χ4n) is 2.07. The van der Waals surface area contributed by atoms with Crippen LogP contribution in [0.4, 0.5) is 4.79 Å². The molecule has 0 saturated carbocycles. The first-order valence-corrected chi connectivity index (χ1v) is 6.42. The first-order valence-electron chi connectivity index (χ1n) is 6.42. The fraction of sp³-hybridized carbons (Fsp3) is 0.333. The third kappa shape index (κ3) is 3.22. The maximum absolute atomic E-state index is 12.0. The smallest absolute Gasteiger partial charge is 0.417 e. The van der Waals surface area contributed by atoms with Gasteiger partial charge in [0.05, 0.1) is 6.04 Å². The summed E-state index contributed by atoms with van der Waals surface area (Å²) in [5, 5.41) is 0. The van der Waals surface area contributed by atoms with E-state index in [2.05, 4.69) is 0 Å². The van der Waals surface area contributed by atoms with Gasteiger partial charge in [-0.05, 0) is 24.5 Å². The maximum Gasteiger partial charge on any atom is 0.417 e. The molecule has 0 N–H and O–H groups in total. The molecule has 1 heterocycles. The number of nitrogens with zero attached hydrogens (tertiary/aromatic N) is 1. The van der Waals surface area contributed by atoms with Gasteiger partial charge in [0, 0.05) is 0 Å². The van der Waals surface area contributed by atoms with E-state index in [1.165, 1.54) is 11.0 Å². The predicted molar refractivity (Wildman–Crippen MR) is 71.6 cm³/mol. The van der Waals surface area contributed by atoms with Crippen LogP contribution in [0.3, 0.4) is 0 Å². The second-order valence-electron chi connectivity index (χ2n) is 4.44. The van der Waals surface area contributed by atoms with E-state index < -0.39 is 6.09 Å². The number of ether oxygens (including phenoxy) is 1. The van der Waals surface area contributed by atoms with Gasteiger partial charge in [-0.1, -0.05) is 43.3 Å². The highest BCUT2D eigenvalue weighted by Gasteiger charge is 2.36. The SMILES string of the molecule is CCC=CC(=O)N1C(=O)OCC1Cc1ccccc1. The van der Waals surface area contributed by atoms with E-state index in [1.54, 1.807) is 6.08 Å². The van der Waals surface area contributed by atoms with Crippen molar-refractivity contribution in [2.75, 3.05) is 6.61 Å². The number of carbonyl (C=O) groups is 2. The van der Waals surface area contributed by atoms with Gasteiger partial charge in [-0.2, -0.15) is 0 Å². The molecule has 2 rings (SSSR count). The van der Waals surface area contributed by atoms with Crippen molar-refractivity contribution in [1.82, 2.24) is 4.90 Å². The minimum atomic E-state index is -0.549. The quantitative estimate of drug-likeness (QED) is 0.781. The average molecular weight is 259 g/mol. The topological polar surface area (TPSA) is 46.6 Å². The van der Waals surface area contributed by atoms with Crippen molar-refractivity contribution in [3.05, 3.63) is 48.0 Å². The van der Waals surface area contributed by atoms with E-state index >= 15 is 0 Å². The summed E-state index contributed by atoms with van der Waals surface area (Å²) >= 11 is 0. The Morgan fingerprint density at radius 1 is 1.42 bits per heavy atom. The highest BCUT2D eigenvalue weighted by molar-refractivity contribution is 5.99. The maximum atomic E-state index is 12.0. The van der Waals surface area contributed by atoms with Crippen molar-refractivity contribution in [2.45, 2.75) is 25.8 Å². The van der Waals surface area contributed by atoms with Crippen molar-refractivity contribution in [3.63, 3.8) is 0 Å². The lowest BCUT2D eigenvalue weighted by molar-refractivity contribution is -0.124. The Kier molecular flexibility index (Phi) is 4.34. The summed E-state index contributed by atoms with van der Waals surface area (Å²) in [7, 11) is 0. The van der Waals surface area contributed by atoms with Gasteiger partial charge in [0.2, 0.25) is 0 Å². The second-order valence-corrected chi connectivity index (χ2v) is 4.44. The van der Waals surface area contributed by atoms with Crippen LogP contribution in [0.5, 0.6) is 0 Å². The van der Waals surface area contributed by atoms with Gasteiger partial charge >= 0.3 is 6.09 Å². The Bertz CT molecular complexity index is 481. The zero-order valence-corrected chi connectivity index (χ0v) is 10.9. The summed E-state index contributed by atoms with van der Waals surface area (Å²) in [4.78, 5) is 24.8. The van der Waals surface area contributed by atoms with Crippen LogP contribution in [0.2, 0.25) is 0 Å². The number of hydrogen-bond acceptors (Lipinski definition) is 3. The number of imide groups is 1. The molecular weight excluding hydrogens is 242 g/mol. The van der Waals surface area contributed by atoms with Gasteiger partial charge in [-0.25, -0.2) is 9.69 Å². The number of carbonyl (C=O) groups excluding carboxylic acids is 2. The molecule has 1 aliphatic heterocycles. The minimum Gasteiger partial charge on any atom is -0.447 e. The molecule has 1 unspecified atom stereocenters. The van der Waals surface area contributed by atoms with E-state index in [0.717, 1.165) is 12.0 Å². The van der Waals surface area contributed by atoms with Crippen LogP contribution in [0.15, 0.2) is 42.5 Å². The molecule has 0 bridgehead atoms. The molecule has 19 heavy (non-hydrogen) atoms. The van der Waals surface area contributed by atoms with Crippen molar-refractivity contribution < 1.29 is 14.3 Å². The monoisotopic (exact) mass is 259 g/mol. The van der Waals surface area contributed by atoms with Crippen molar-refractivity contribution in [2.24, 2.45) is 0 Å². The van der Waals surface area contributed by atoms with Crippen LogP contribution in [-0.2, 0) is 16.0 Å². The number of hydrogen-bond donors (Lipinski definition) is 0. The fourth-order valence-corrected chi connectivity index (χ4v) is 2.07. The summed E-state index contributed by atoms with van der Waals surface area (Å²) < 4.78 is 4.98. The van der Waals surface area contributed by atoms with E-state index in [1.807, 2.05) is 37.3 Å². The summed E-state index contributed by atoms with van der Waals surface area (Å²) in [5.41, 5.74) is 1.09. The minimum absolute atomic E-state index is 0.219. The molecule has 1 atom stereocenters. The second kappa shape index (κ2) is 6.18. The Labute approximate surface area is 112 Å². The summed E-state index contributed by atoms with van der Waals surface area (Å²) in [6.07, 6.45) is 4.01. The number of rotatable bonds is 4. The molecule has 1 aromatic carbocycles. The number of benzene rings is 1. The molecule has 100 valence electrons. The number of allylic oxidation sites excluding steroid dienone is 1. The highest BCUT2D eigenvalue weighted by Crippen LogP contribution is 2.17. The van der Waals surface area contributed by atoms with Crippen molar-refractivity contribution in [1.29, 1.82) is 0 Å². The van der Waals surface area contributed by atoms with E-state index in [-0.39, 0.29) is 18.6 Å². The first-order chi connectivity index (χ1) is 9.22. The molecule has 2 amide bonds. The molecule has 0 radical (unpaired) electrons. The molecule has 1 saturated heterocycles. The normalized spacial score (nSPS) is 18.9. The zero-order chi connectivity index (χ0) is 13.7. The molecule has 0 aromatic heterocycles. The first kappa shape index (κ1) is 13.3. The third-order valence-electron chi connectivity index (χ3n) is 3.01. The molecule has 4 heteroatoms. The molecule has 1 aromatic rings. The lowest BCUT2D eigenvalue weighted by atomic mass is 10.1. The Morgan fingerprint density at radius 3 is 2.84 bits per heavy atom. The largest absolute Gasteiger partial charge is 0.447 e. The van der Waals surface area contributed by atoms with Gasteiger partial charge in [0.25, 0.3) is 5.91 Å². The molecule has 1 fully saturated rings. The molecule has 1 aliphatic rings. The zero-order valence-electron chi connectivity index (χ0n) is 10.9. The lowest BCUT2D eigenvalue weighted by Crippen LogP contribution is -2.39. The summed E-state index contributed by atoms with van der Waals surface area (Å²) in [6.45, 7) is 2.20. The van der Waals surface area contributed by atoms with Gasteiger partial charge in [0.15, 0.2) is 0 Å². The van der Waals surface area contributed by atoms with Crippen LogP contribution < -0.4 is 0 Å². The summed E-state index contributed by atoms with van der Waals surface area (Å²) in [5.74, 6) is -0.301. The van der Waals surface area contributed by atoms with Gasteiger partial charge in [0.1, 0.15) is 6.61 Å². The van der Waals surface area contributed by atoms with Gasteiger partial charge in [-0.3, -0.25) is 4.79 Å². The average Bonchev–Trinajstić information content (AvgIpc) is 2.78. The van der Waals surface area contributed by atoms with Gasteiger partial charge in [-0.15, -0.1) is 0 Å². The van der Waals surface area contributed by atoms with Crippen LogP contribution in [0.25, 0.3) is 0 Å².